The molecule has 0 atom stereocenters. The maximum atomic E-state index is 11.4. The van der Waals surface area contributed by atoms with Crippen LogP contribution in [0.5, 0.6) is 0 Å². The number of primary sulfonamides is 1. The molecule has 0 aliphatic rings. The zero-order valence-electron chi connectivity index (χ0n) is 8.91. The van der Waals surface area contributed by atoms with Crippen LogP contribution in [0.2, 0.25) is 0 Å². The Bertz CT molecular complexity index is 475. The molecule has 0 radical (unpaired) electrons. The van der Waals surface area contributed by atoms with E-state index < -0.39 is 10.0 Å². The molecular weight excluding hydrogens is 278 g/mol. The minimum Gasteiger partial charge on any atom is -0.225 e. The highest BCUT2D eigenvalue weighted by Crippen LogP contribution is 2.30. The van der Waals surface area contributed by atoms with Gasteiger partial charge in [-0.2, -0.15) is 0 Å². The van der Waals surface area contributed by atoms with Gasteiger partial charge in [-0.05, 0) is 23.1 Å². The summed E-state index contributed by atoms with van der Waals surface area (Å²) in [6.07, 6.45) is 0. The first-order valence-electron chi connectivity index (χ1n) is 4.45. The summed E-state index contributed by atoms with van der Waals surface area (Å²) in [5.41, 5.74) is 0.482. The van der Waals surface area contributed by atoms with Crippen molar-refractivity contribution in [3.63, 3.8) is 0 Å². The third kappa shape index (κ3) is 3.03. The lowest BCUT2D eigenvalue weighted by Crippen LogP contribution is -2.21. The van der Waals surface area contributed by atoms with E-state index in [1.165, 1.54) is 6.07 Å². The van der Waals surface area contributed by atoms with Crippen LogP contribution in [0.4, 0.5) is 0 Å². The molecule has 0 bridgehead atoms. The van der Waals surface area contributed by atoms with Crippen molar-refractivity contribution in [3.8, 4) is 0 Å². The van der Waals surface area contributed by atoms with Crippen LogP contribution in [-0.4, -0.2) is 8.42 Å². The van der Waals surface area contributed by atoms with Crippen LogP contribution in [0.15, 0.2) is 27.6 Å². The Morgan fingerprint density at radius 1 is 1.27 bits per heavy atom. The Kier molecular flexibility index (Phi) is 3.28. The number of hydrogen-bond donors (Lipinski definition) is 1. The first-order chi connectivity index (χ1) is 6.62. The average molecular weight is 292 g/mol. The lowest BCUT2D eigenvalue weighted by molar-refractivity contribution is 0.562. The Morgan fingerprint density at radius 3 is 2.20 bits per heavy atom. The topological polar surface area (TPSA) is 60.2 Å². The van der Waals surface area contributed by atoms with Gasteiger partial charge >= 0.3 is 0 Å². The normalized spacial score (nSPS) is 12.9. The fraction of sp³-hybridized carbons (Fsp3) is 0.400. The third-order valence-corrected chi connectivity index (χ3v) is 3.50. The van der Waals surface area contributed by atoms with Crippen LogP contribution in [0.25, 0.3) is 0 Å². The number of rotatable bonds is 1. The maximum Gasteiger partial charge on any atom is 0.238 e. The quantitative estimate of drug-likeness (QED) is 0.864. The fourth-order valence-electron chi connectivity index (χ4n) is 1.35. The Labute approximate surface area is 98.9 Å². The fourth-order valence-corrected chi connectivity index (χ4v) is 2.84. The maximum absolute atomic E-state index is 11.4. The molecule has 1 aromatic carbocycles. The van der Waals surface area contributed by atoms with E-state index in [1.54, 1.807) is 6.07 Å². The molecular formula is C10H14BrNO2S. The van der Waals surface area contributed by atoms with Crippen molar-refractivity contribution in [2.75, 3.05) is 0 Å². The largest absolute Gasteiger partial charge is 0.238 e. The van der Waals surface area contributed by atoms with Gasteiger partial charge in [0.1, 0.15) is 0 Å². The first kappa shape index (κ1) is 12.7. The molecule has 15 heavy (non-hydrogen) atoms. The van der Waals surface area contributed by atoms with Gasteiger partial charge in [-0.3, -0.25) is 0 Å². The summed E-state index contributed by atoms with van der Waals surface area (Å²) in [4.78, 5) is 0.185. The number of sulfonamides is 1. The highest BCUT2D eigenvalue weighted by Gasteiger charge is 2.23. The SMILES string of the molecule is CC(C)(C)c1ccc(Br)cc1S(N)(=O)=O. The number of nitrogens with two attached hydrogens (primary N) is 1. The van der Waals surface area contributed by atoms with Crippen LogP contribution in [-0.2, 0) is 15.4 Å². The molecule has 0 heterocycles. The van der Waals surface area contributed by atoms with Crippen LogP contribution in [0.3, 0.4) is 0 Å². The van der Waals surface area contributed by atoms with Crippen LogP contribution >= 0.6 is 15.9 Å². The average Bonchev–Trinajstić information content (AvgIpc) is 2.00. The van der Waals surface area contributed by atoms with Gasteiger partial charge in [-0.15, -0.1) is 0 Å². The van der Waals surface area contributed by atoms with E-state index in [0.29, 0.717) is 4.47 Å². The summed E-state index contributed by atoms with van der Waals surface area (Å²) in [5, 5.41) is 5.17. The number of hydrogen-bond acceptors (Lipinski definition) is 2. The summed E-state index contributed by atoms with van der Waals surface area (Å²) in [5.74, 6) is 0. The Morgan fingerprint density at radius 2 is 1.80 bits per heavy atom. The van der Waals surface area contributed by atoms with Gasteiger partial charge in [-0.1, -0.05) is 42.8 Å². The molecule has 0 spiro atoms. The van der Waals surface area contributed by atoms with Crippen LogP contribution < -0.4 is 5.14 Å². The van der Waals surface area contributed by atoms with Gasteiger partial charge in [0.25, 0.3) is 0 Å². The Hall–Kier alpha value is -0.390. The van der Waals surface area contributed by atoms with Crippen molar-refractivity contribution in [1.82, 2.24) is 0 Å². The van der Waals surface area contributed by atoms with Crippen molar-refractivity contribution >= 4 is 26.0 Å². The summed E-state index contributed by atoms with van der Waals surface area (Å²) < 4.78 is 23.5. The molecule has 0 fully saturated rings. The van der Waals surface area contributed by atoms with Gasteiger partial charge in [-0.25, -0.2) is 13.6 Å². The smallest absolute Gasteiger partial charge is 0.225 e. The minimum atomic E-state index is -3.67. The summed E-state index contributed by atoms with van der Waals surface area (Å²) in [6, 6.07) is 5.13. The second-order valence-electron chi connectivity index (χ2n) is 4.44. The highest BCUT2D eigenvalue weighted by molar-refractivity contribution is 9.10. The minimum absolute atomic E-state index is 0.185. The lowest BCUT2D eigenvalue weighted by atomic mass is 9.87. The highest BCUT2D eigenvalue weighted by atomic mass is 79.9. The zero-order valence-corrected chi connectivity index (χ0v) is 11.3. The van der Waals surface area contributed by atoms with Crippen molar-refractivity contribution in [1.29, 1.82) is 0 Å². The van der Waals surface area contributed by atoms with Gasteiger partial charge in [0, 0.05) is 4.47 Å². The van der Waals surface area contributed by atoms with Crippen LogP contribution in [0, 0.1) is 0 Å². The van der Waals surface area contributed by atoms with E-state index in [2.05, 4.69) is 15.9 Å². The lowest BCUT2D eigenvalue weighted by Gasteiger charge is -2.22. The monoisotopic (exact) mass is 291 g/mol. The van der Waals surface area contributed by atoms with E-state index in [4.69, 9.17) is 5.14 Å². The molecule has 0 saturated carbocycles. The number of benzene rings is 1. The molecule has 0 saturated heterocycles. The van der Waals surface area contributed by atoms with Crippen LogP contribution in [0.1, 0.15) is 26.3 Å². The van der Waals surface area contributed by atoms with E-state index in [0.717, 1.165) is 5.56 Å². The Balaban J connectivity index is 3.55. The van der Waals surface area contributed by atoms with Gasteiger partial charge in [0.15, 0.2) is 0 Å². The predicted molar refractivity (Wildman–Crippen MR) is 64.2 cm³/mol. The molecule has 0 amide bonds. The molecule has 0 aromatic heterocycles. The molecule has 1 aromatic rings. The zero-order chi connectivity index (χ0) is 11.9. The summed E-state index contributed by atoms with van der Waals surface area (Å²) in [7, 11) is -3.67. The van der Waals surface area contributed by atoms with Gasteiger partial charge < -0.3 is 0 Å². The molecule has 0 aliphatic heterocycles. The van der Waals surface area contributed by atoms with E-state index in [9.17, 15) is 8.42 Å². The van der Waals surface area contributed by atoms with Gasteiger partial charge in [0.05, 0.1) is 4.90 Å². The summed E-state index contributed by atoms with van der Waals surface area (Å²) in [6.45, 7) is 5.85. The van der Waals surface area contributed by atoms with Crippen molar-refractivity contribution < 1.29 is 8.42 Å². The molecule has 84 valence electrons. The van der Waals surface area contributed by atoms with Crippen molar-refractivity contribution in [2.24, 2.45) is 5.14 Å². The second kappa shape index (κ2) is 3.88. The molecule has 0 unspecified atom stereocenters. The molecule has 3 nitrogen and oxygen atoms in total. The molecule has 5 heteroatoms. The van der Waals surface area contributed by atoms with E-state index in [1.807, 2.05) is 26.8 Å². The van der Waals surface area contributed by atoms with Crippen molar-refractivity contribution in [3.05, 3.63) is 28.2 Å². The first-order valence-corrected chi connectivity index (χ1v) is 6.79. The second-order valence-corrected chi connectivity index (χ2v) is 6.88. The van der Waals surface area contributed by atoms with E-state index in [-0.39, 0.29) is 10.3 Å². The van der Waals surface area contributed by atoms with E-state index >= 15 is 0 Å². The molecule has 1 rings (SSSR count). The number of halogens is 1. The van der Waals surface area contributed by atoms with Crippen molar-refractivity contribution in [2.45, 2.75) is 31.1 Å². The third-order valence-electron chi connectivity index (χ3n) is 2.06. The standard InChI is InChI=1S/C10H14BrNO2S/c1-10(2,3)8-5-4-7(11)6-9(8)15(12,13)14/h4-6H,1-3H3,(H2,12,13,14). The molecule has 2 N–H and O–H groups in total. The predicted octanol–water partition coefficient (Wildman–Crippen LogP) is 2.39. The van der Waals surface area contributed by atoms with Gasteiger partial charge in [0.2, 0.25) is 10.0 Å². The molecule has 0 aliphatic carbocycles. The summed E-state index contributed by atoms with van der Waals surface area (Å²) >= 11 is 3.24.